The van der Waals surface area contributed by atoms with Crippen LogP contribution < -0.4 is 16.1 Å². The summed E-state index contributed by atoms with van der Waals surface area (Å²) in [5, 5.41) is 21.0. The Morgan fingerprint density at radius 1 is 0.633 bits per heavy atom. The van der Waals surface area contributed by atoms with E-state index in [9.17, 15) is 14.7 Å². The van der Waals surface area contributed by atoms with Gasteiger partial charge in [-0.25, -0.2) is 4.79 Å². The molecule has 2 aromatic heterocycles. The summed E-state index contributed by atoms with van der Waals surface area (Å²) in [6.07, 6.45) is 0. The van der Waals surface area contributed by atoms with E-state index >= 15 is 0 Å². The van der Waals surface area contributed by atoms with Crippen LogP contribution in [0.5, 0.6) is 0 Å². The SMILES string of the molecule is Cc1ccc2c(C)ccc(C(C)NC(C)c3c4oc5c(C(C)NC(C)c6ccc(C)c7ccc(C)nc67)c(S)c(C)cc5c(-c5ccccc5C(=O)O)c-4ccc3=O)c2n1. The average Bonchev–Trinajstić information content (AvgIpc) is 3.20. The Morgan fingerprint density at radius 3 is 1.75 bits per heavy atom. The second-order valence-electron chi connectivity index (χ2n) is 16.4. The molecule has 0 saturated carbocycles. The maximum Gasteiger partial charge on any atom is 0.336 e. The van der Waals surface area contributed by atoms with Crippen molar-refractivity contribution in [1.29, 1.82) is 0 Å². The van der Waals surface area contributed by atoms with Gasteiger partial charge in [-0.15, -0.1) is 12.6 Å². The Morgan fingerprint density at radius 2 is 1.18 bits per heavy atom. The van der Waals surface area contributed by atoms with E-state index in [2.05, 4.69) is 81.7 Å². The molecule has 4 unspecified atom stereocenters. The zero-order chi connectivity index (χ0) is 42.7. The second-order valence-corrected chi connectivity index (χ2v) is 16.8. The van der Waals surface area contributed by atoms with Crippen LogP contribution in [0.1, 0.15) is 113 Å². The molecular weight excluding hydrogens is 765 g/mol. The molecule has 0 spiro atoms. The van der Waals surface area contributed by atoms with Gasteiger partial charge in [0.1, 0.15) is 11.3 Å². The maximum atomic E-state index is 14.2. The highest BCUT2D eigenvalue weighted by atomic mass is 32.1. The van der Waals surface area contributed by atoms with Gasteiger partial charge in [-0.3, -0.25) is 14.8 Å². The van der Waals surface area contributed by atoms with Gasteiger partial charge in [0.2, 0.25) is 0 Å². The van der Waals surface area contributed by atoms with Gasteiger partial charge < -0.3 is 20.2 Å². The molecule has 3 N–H and O–H groups in total. The Bertz CT molecular complexity index is 3050. The van der Waals surface area contributed by atoms with Gasteiger partial charge in [0.15, 0.2) is 5.43 Å². The lowest BCUT2D eigenvalue weighted by Gasteiger charge is -2.27. The molecule has 4 aromatic carbocycles. The fourth-order valence-electron chi connectivity index (χ4n) is 8.99. The van der Waals surface area contributed by atoms with Crippen LogP contribution in [0.3, 0.4) is 0 Å². The molecule has 0 saturated heterocycles. The summed E-state index contributed by atoms with van der Waals surface area (Å²) in [6.45, 7) is 18.5. The zero-order valence-electron chi connectivity index (χ0n) is 35.5. The van der Waals surface area contributed by atoms with Crippen LogP contribution in [-0.4, -0.2) is 21.0 Å². The molecular formula is C51H50N4O4S. The van der Waals surface area contributed by atoms with Crippen LogP contribution >= 0.6 is 12.6 Å². The maximum absolute atomic E-state index is 14.2. The molecule has 0 bridgehead atoms. The van der Waals surface area contributed by atoms with Crippen molar-refractivity contribution in [3.05, 3.63) is 157 Å². The number of carbonyl (C=O) groups is 1. The van der Waals surface area contributed by atoms with Gasteiger partial charge >= 0.3 is 5.97 Å². The quantitative estimate of drug-likeness (QED) is 0.0796. The van der Waals surface area contributed by atoms with Gasteiger partial charge in [-0.1, -0.05) is 54.6 Å². The summed E-state index contributed by atoms with van der Waals surface area (Å²) in [5.74, 6) is -0.658. The molecule has 304 valence electrons. The normalized spacial score (nSPS) is 13.9. The number of aromatic carboxylic acids is 1. The van der Waals surface area contributed by atoms with Crippen molar-refractivity contribution in [2.45, 2.75) is 91.4 Å². The van der Waals surface area contributed by atoms with E-state index in [1.54, 1.807) is 24.3 Å². The van der Waals surface area contributed by atoms with E-state index in [0.29, 0.717) is 33.6 Å². The van der Waals surface area contributed by atoms with Crippen molar-refractivity contribution in [2.24, 2.45) is 0 Å². The smallest absolute Gasteiger partial charge is 0.336 e. The van der Waals surface area contributed by atoms with Crippen LogP contribution in [0.4, 0.5) is 0 Å². The second kappa shape index (κ2) is 16.0. The van der Waals surface area contributed by atoms with Crippen molar-refractivity contribution in [2.75, 3.05) is 0 Å². The molecule has 0 radical (unpaired) electrons. The van der Waals surface area contributed by atoms with E-state index in [-0.39, 0.29) is 29.1 Å². The molecule has 8 nitrogen and oxygen atoms in total. The monoisotopic (exact) mass is 814 g/mol. The van der Waals surface area contributed by atoms with Crippen LogP contribution in [0.2, 0.25) is 0 Å². The largest absolute Gasteiger partial charge is 0.478 e. The number of fused-ring (bicyclic) bond motifs is 4. The van der Waals surface area contributed by atoms with Crippen molar-refractivity contribution < 1.29 is 14.3 Å². The van der Waals surface area contributed by atoms with E-state index in [1.807, 2.05) is 58.0 Å². The highest BCUT2D eigenvalue weighted by molar-refractivity contribution is 7.80. The molecule has 4 atom stereocenters. The first-order chi connectivity index (χ1) is 28.6. The summed E-state index contributed by atoms with van der Waals surface area (Å²) in [5.41, 5.74) is 12.6. The lowest BCUT2D eigenvalue weighted by atomic mass is 9.86. The fourth-order valence-corrected chi connectivity index (χ4v) is 9.35. The van der Waals surface area contributed by atoms with Gasteiger partial charge in [0, 0.05) is 73.3 Å². The first-order valence-electron chi connectivity index (χ1n) is 20.5. The topological polar surface area (TPSA) is 117 Å². The number of hydrogen-bond acceptors (Lipinski definition) is 8. The van der Waals surface area contributed by atoms with Crippen LogP contribution in [0.25, 0.3) is 55.2 Å². The highest BCUT2D eigenvalue weighted by Crippen LogP contribution is 2.47. The number of carboxylic acids is 1. The van der Waals surface area contributed by atoms with Crippen molar-refractivity contribution in [3.8, 4) is 22.5 Å². The lowest BCUT2D eigenvalue weighted by molar-refractivity contribution is 0.0697. The predicted octanol–water partition coefficient (Wildman–Crippen LogP) is 12.0. The molecule has 6 aromatic rings. The molecule has 9 heteroatoms. The number of thiol groups is 1. The number of hydrogen-bond donors (Lipinski definition) is 4. The minimum atomic E-state index is -1.05. The lowest BCUT2D eigenvalue weighted by Crippen LogP contribution is -2.28. The molecule has 0 amide bonds. The highest BCUT2D eigenvalue weighted by Gasteiger charge is 2.31. The third-order valence-corrected chi connectivity index (χ3v) is 12.7. The number of carboxylic acid groups (broad SMARTS) is 1. The summed E-state index contributed by atoms with van der Waals surface area (Å²) in [4.78, 5) is 37.7. The number of nitrogens with one attached hydrogen (secondary N) is 2. The number of nitrogens with zero attached hydrogens (tertiary/aromatic N) is 2. The van der Waals surface area contributed by atoms with Gasteiger partial charge in [0.05, 0.1) is 22.2 Å². The van der Waals surface area contributed by atoms with E-state index in [1.165, 1.54) is 0 Å². The Kier molecular flexibility index (Phi) is 10.9. The average molecular weight is 815 g/mol. The molecule has 1 aliphatic heterocycles. The van der Waals surface area contributed by atoms with Gasteiger partial charge in [-0.2, -0.15) is 0 Å². The summed E-state index contributed by atoms with van der Waals surface area (Å²) in [7, 11) is 0. The number of aromatic nitrogens is 2. The Balaban J connectivity index is 1.33. The zero-order valence-corrected chi connectivity index (χ0v) is 36.4. The summed E-state index contributed by atoms with van der Waals surface area (Å²) >= 11 is 5.12. The van der Waals surface area contributed by atoms with Crippen molar-refractivity contribution in [1.82, 2.24) is 20.6 Å². The van der Waals surface area contributed by atoms with Crippen LogP contribution in [-0.2, 0) is 0 Å². The molecule has 3 heterocycles. The molecule has 0 fully saturated rings. The van der Waals surface area contributed by atoms with E-state index < -0.39 is 12.0 Å². The minimum Gasteiger partial charge on any atom is -0.478 e. The van der Waals surface area contributed by atoms with E-state index in [0.717, 1.165) is 76.9 Å². The summed E-state index contributed by atoms with van der Waals surface area (Å²) in [6, 6.07) is 28.0. The number of benzene rings is 5. The first-order valence-corrected chi connectivity index (χ1v) is 20.9. The van der Waals surface area contributed by atoms with Crippen molar-refractivity contribution in [3.63, 3.8) is 0 Å². The predicted molar refractivity (Wildman–Crippen MR) is 246 cm³/mol. The van der Waals surface area contributed by atoms with Gasteiger partial charge in [0.25, 0.3) is 0 Å². The standard InChI is InChI=1S/C51H50N4O4S/c1-25-14-18-36(46-34(25)20-16-28(4)52-46)30(6)54-32(8)43-42(56)23-22-40-45(38-12-10-11-13-39(38)51(57)58)41-24-27(3)50(60)44(49(41)59-48(40)43)33(9)55-31(7)37-19-15-26(2)35-21-17-29(5)53-47(35)37/h10-24,30-33,54-55,60H,1-9H3,(H,57,58). The third kappa shape index (κ3) is 7.14. The number of aryl methyl sites for hydroxylation is 5. The molecule has 8 rings (SSSR count). The number of pyridine rings is 2. The third-order valence-electron chi connectivity index (χ3n) is 12.1. The fraction of sp³-hybridized carbons (Fsp3) is 0.255. The number of rotatable bonds is 10. The van der Waals surface area contributed by atoms with Crippen LogP contribution in [0, 0.1) is 34.6 Å². The Hall–Kier alpha value is -5.87. The molecule has 1 aliphatic carbocycles. The van der Waals surface area contributed by atoms with E-state index in [4.69, 9.17) is 27.0 Å². The van der Waals surface area contributed by atoms with Crippen molar-refractivity contribution >= 4 is 51.4 Å². The molecule has 2 aliphatic rings. The van der Waals surface area contributed by atoms with Crippen LogP contribution in [0.15, 0.2) is 105 Å². The molecule has 60 heavy (non-hydrogen) atoms. The first kappa shape index (κ1) is 40.9. The minimum absolute atomic E-state index is 0.126. The Labute approximate surface area is 355 Å². The summed E-state index contributed by atoms with van der Waals surface area (Å²) < 4.78 is 7.11. The van der Waals surface area contributed by atoms with Gasteiger partial charge in [-0.05, 0) is 132 Å².